The summed E-state index contributed by atoms with van der Waals surface area (Å²) in [5.41, 5.74) is 1.86. The fourth-order valence-electron chi connectivity index (χ4n) is 2.41. The third-order valence-corrected chi connectivity index (χ3v) is 5.20. The smallest absolute Gasteiger partial charge is 0.269 e. The predicted molar refractivity (Wildman–Crippen MR) is 118 cm³/mol. The fourth-order valence-corrected chi connectivity index (χ4v) is 3.84. The number of nitrogens with one attached hydrogen (secondary N) is 1. The van der Waals surface area contributed by atoms with Gasteiger partial charge in [-0.25, -0.2) is 4.99 Å². The number of hydrogen-bond donors (Lipinski definition) is 1. The van der Waals surface area contributed by atoms with Gasteiger partial charge in [-0.1, -0.05) is 23.2 Å². The molecule has 0 saturated heterocycles. The van der Waals surface area contributed by atoms with Crippen LogP contribution in [0.2, 0.25) is 10.0 Å². The summed E-state index contributed by atoms with van der Waals surface area (Å²) in [6.07, 6.45) is 0.135. The third kappa shape index (κ3) is 6.04. The second-order valence-electron chi connectivity index (χ2n) is 5.84. The minimum absolute atomic E-state index is 0. The second kappa shape index (κ2) is 9.89. The summed E-state index contributed by atoms with van der Waals surface area (Å²) in [6.45, 7) is 0. The molecule has 0 saturated carbocycles. The van der Waals surface area contributed by atoms with Crippen LogP contribution in [0.1, 0.15) is 5.69 Å². The Labute approximate surface area is 186 Å². The fraction of sp³-hybridized carbons (Fsp3) is 0.111. The van der Waals surface area contributed by atoms with Crippen molar-refractivity contribution in [2.75, 3.05) is 5.32 Å². The molecule has 0 spiro atoms. The van der Waals surface area contributed by atoms with E-state index in [9.17, 15) is 14.9 Å². The Hall–Kier alpha value is -2.39. The first-order chi connectivity index (χ1) is 13.3. The Morgan fingerprint density at radius 1 is 1.21 bits per heavy atom. The molecule has 0 unspecified atom stereocenters. The van der Waals surface area contributed by atoms with Crippen molar-refractivity contribution in [3.05, 3.63) is 78.5 Å². The highest BCUT2D eigenvalue weighted by molar-refractivity contribution is 7.07. The summed E-state index contributed by atoms with van der Waals surface area (Å²) in [6, 6.07) is 10.7. The highest BCUT2D eigenvalue weighted by atomic mass is 35.5. The van der Waals surface area contributed by atoms with Crippen molar-refractivity contribution in [2.45, 2.75) is 6.42 Å². The van der Waals surface area contributed by atoms with Gasteiger partial charge in [0.15, 0.2) is 4.80 Å². The molecule has 1 aromatic heterocycles. The van der Waals surface area contributed by atoms with Crippen LogP contribution in [0.3, 0.4) is 0 Å². The van der Waals surface area contributed by atoms with Gasteiger partial charge in [-0.15, -0.1) is 23.7 Å². The third-order valence-electron chi connectivity index (χ3n) is 3.79. The molecule has 1 N–H and O–H groups in total. The summed E-state index contributed by atoms with van der Waals surface area (Å²) in [4.78, 5) is 27.7. The van der Waals surface area contributed by atoms with Crippen molar-refractivity contribution in [3.8, 4) is 0 Å². The normalized spacial score (nSPS) is 11.1. The van der Waals surface area contributed by atoms with Crippen molar-refractivity contribution < 1.29 is 9.72 Å². The summed E-state index contributed by atoms with van der Waals surface area (Å²) < 4.78 is 1.81. The van der Waals surface area contributed by atoms with E-state index in [0.29, 0.717) is 26.2 Å². The van der Waals surface area contributed by atoms with Crippen LogP contribution in [0, 0.1) is 10.1 Å². The van der Waals surface area contributed by atoms with Crippen molar-refractivity contribution in [1.82, 2.24) is 4.57 Å². The summed E-state index contributed by atoms with van der Waals surface area (Å²) in [5.74, 6) is -0.236. The second-order valence-corrected chi connectivity index (χ2v) is 7.55. The number of halogens is 3. The standard InChI is InChI=1S/C18H14Cl2N4O3S.ClH/c1-23-16(9-17(25)21-13-2-4-15(5-3-13)24(26)27)10-28-18(23)22-14-7-11(19)6-12(20)8-14;/h2-8,10H,9H2,1H3,(H,21,25);1H. The van der Waals surface area contributed by atoms with Crippen LogP contribution in [0.4, 0.5) is 17.1 Å². The zero-order valence-corrected chi connectivity index (χ0v) is 18.1. The number of aromatic nitrogens is 1. The summed E-state index contributed by atoms with van der Waals surface area (Å²) in [7, 11) is 1.82. The van der Waals surface area contributed by atoms with Gasteiger partial charge in [0.1, 0.15) is 0 Å². The topological polar surface area (TPSA) is 89.5 Å². The lowest BCUT2D eigenvalue weighted by Crippen LogP contribution is -2.19. The minimum atomic E-state index is -0.491. The SMILES string of the molecule is Cl.Cn1c(CC(=O)Nc2ccc([N+](=O)[O-])cc2)csc1=Nc1cc(Cl)cc(Cl)c1. The van der Waals surface area contributed by atoms with Crippen LogP contribution in [0.5, 0.6) is 0 Å². The van der Waals surface area contributed by atoms with Gasteiger partial charge in [0.05, 0.1) is 17.0 Å². The molecule has 11 heteroatoms. The van der Waals surface area contributed by atoms with Crippen LogP contribution in [0.25, 0.3) is 0 Å². The zero-order chi connectivity index (χ0) is 20.3. The molecular formula is C18H15Cl3N4O3S. The van der Waals surface area contributed by atoms with Gasteiger partial charge >= 0.3 is 0 Å². The zero-order valence-electron chi connectivity index (χ0n) is 15.0. The maximum atomic E-state index is 12.3. The molecule has 2 aromatic carbocycles. The van der Waals surface area contributed by atoms with E-state index in [1.807, 2.05) is 17.0 Å². The van der Waals surface area contributed by atoms with Crippen molar-refractivity contribution in [1.29, 1.82) is 0 Å². The summed E-state index contributed by atoms with van der Waals surface area (Å²) >= 11 is 13.4. The van der Waals surface area contributed by atoms with Crippen molar-refractivity contribution in [3.63, 3.8) is 0 Å². The summed E-state index contributed by atoms with van der Waals surface area (Å²) in [5, 5.41) is 16.2. The molecular weight excluding hydrogens is 459 g/mol. The van der Waals surface area contributed by atoms with Crippen LogP contribution in [0.15, 0.2) is 52.8 Å². The van der Waals surface area contributed by atoms with Gasteiger partial charge in [0.25, 0.3) is 5.69 Å². The monoisotopic (exact) mass is 472 g/mol. The molecule has 0 aliphatic rings. The maximum absolute atomic E-state index is 12.3. The van der Waals surface area contributed by atoms with E-state index in [1.54, 1.807) is 18.2 Å². The van der Waals surface area contributed by atoms with E-state index < -0.39 is 4.92 Å². The Kier molecular flexibility index (Phi) is 7.80. The van der Waals surface area contributed by atoms with Gasteiger partial charge in [-0.05, 0) is 30.3 Å². The minimum Gasteiger partial charge on any atom is -0.326 e. The molecule has 3 aromatic rings. The molecule has 0 fully saturated rings. The Balaban J connectivity index is 0.00000300. The van der Waals surface area contributed by atoms with E-state index >= 15 is 0 Å². The van der Waals surface area contributed by atoms with Crippen LogP contribution in [-0.2, 0) is 18.3 Å². The number of amides is 1. The Bertz CT molecular complexity index is 1090. The number of nitro benzene ring substituents is 1. The van der Waals surface area contributed by atoms with Gasteiger partial charge < -0.3 is 9.88 Å². The molecule has 29 heavy (non-hydrogen) atoms. The highest BCUT2D eigenvalue weighted by Crippen LogP contribution is 2.24. The number of thiazole rings is 1. The van der Waals surface area contributed by atoms with Gasteiger partial charge in [-0.3, -0.25) is 14.9 Å². The van der Waals surface area contributed by atoms with E-state index in [0.717, 1.165) is 5.69 Å². The molecule has 0 aliphatic heterocycles. The van der Waals surface area contributed by atoms with Crippen LogP contribution in [-0.4, -0.2) is 15.4 Å². The molecule has 0 aliphatic carbocycles. The molecule has 152 valence electrons. The van der Waals surface area contributed by atoms with Crippen LogP contribution >= 0.6 is 46.9 Å². The van der Waals surface area contributed by atoms with E-state index in [-0.39, 0.29) is 30.4 Å². The highest BCUT2D eigenvalue weighted by Gasteiger charge is 2.10. The Morgan fingerprint density at radius 2 is 1.83 bits per heavy atom. The largest absolute Gasteiger partial charge is 0.326 e. The Morgan fingerprint density at radius 3 is 2.41 bits per heavy atom. The van der Waals surface area contributed by atoms with Crippen molar-refractivity contribution in [2.24, 2.45) is 12.0 Å². The first-order valence-corrected chi connectivity index (χ1v) is 9.64. The molecule has 1 heterocycles. The van der Waals surface area contributed by atoms with Gasteiger partial charge in [-0.2, -0.15) is 0 Å². The predicted octanol–water partition coefficient (Wildman–Crippen LogP) is 5.14. The lowest BCUT2D eigenvalue weighted by molar-refractivity contribution is -0.384. The molecule has 0 atom stereocenters. The average Bonchev–Trinajstić information content (AvgIpc) is 2.94. The number of hydrogen-bond acceptors (Lipinski definition) is 5. The average molecular weight is 474 g/mol. The lowest BCUT2D eigenvalue weighted by atomic mass is 10.2. The number of nitrogens with zero attached hydrogens (tertiary/aromatic N) is 3. The number of nitro groups is 1. The number of rotatable bonds is 5. The quantitative estimate of drug-likeness (QED) is 0.411. The first kappa shape index (κ1) is 22.9. The molecule has 0 radical (unpaired) electrons. The lowest BCUT2D eigenvalue weighted by Gasteiger charge is -2.06. The van der Waals surface area contributed by atoms with E-state index in [1.165, 1.54) is 35.6 Å². The first-order valence-electron chi connectivity index (χ1n) is 8.00. The van der Waals surface area contributed by atoms with Crippen LogP contribution < -0.4 is 10.1 Å². The van der Waals surface area contributed by atoms with Gasteiger partial charge in [0.2, 0.25) is 5.91 Å². The molecule has 3 rings (SSSR count). The maximum Gasteiger partial charge on any atom is 0.269 e. The molecule has 0 bridgehead atoms. The number of carbonyl (C=O) groups is 1. The molecule has 1 amide bonds. The number of anilines is 1. The van der Waals surface area contributed by atoms with E-state index in [2.05, 4.69) is 10.3 Å². The molecule has 7 nitrogen and oxygen atoms in total. The number of carbonyl (C=O) groups excluding carboxylic acids is 1. The van der Waals surface area contributed by atoms with Gasteiger partial charge in [0, 0.05) is 46.0 Å². The number of benzene rings is 2. The van der Waals surface area contributed by atoms with E-state index in [4.69, 9.17) is 23.2 Å². The number of non-ortho nitro benzene ring substituents is 1. The van der Waals surface area contributed by atoms with Crippen molar-refractivity contribution >= 4 is 69.9 Å².